The molecule has 0 atom stereocenters. The van der Waals surface area contributed by atoms with Gasteiger partial charge in [0, 0.05) is 16.7 Å². The van der Waals surface area contributed by atoms with Gasteiger partial charge in [0.25, 0.3) is 0 Å². The van der Waals surface area contributed by atoms with E-state index in [2.05, 4.69) is 21.2 Å². The third-order valence-electron chi connectivity index (χ3n) is 2.81. The lowest BCUT2D eigenvalue weighted by molar-refractivity contribution is 0.560. The van der Waals surface area contributed by atoms with Crippen molar-refractivity contribution in [1.82, 2.24) is 0 Å². The monoisotopic (exact) mass is 333 g/mol. The Balaban J connectivity index is 2.63. The molecular weight excluding hydrogens is 314 g/mol. The second-order valence-corrected chi connectivity index (χ2v) is 9.10. The van der Waals surface area contributed by atoms with Crippen molar-refractivity contribution in [2.75, 3.05) is 17.6 Å². The van der Waals surface area contributed by atoms with E-state index in [1.165, 1.54) is 0 Å². The second-order valence-electron chi connectivity index (χ2n) is 5.32. The van der Waals surface area contributed by atoms with Crippen molar-refractivity contribution in [3.8, 4) is 0 Å². The summed E-state index contributed by atoms with van der Waals surface area (Å²) >= 11 is 3.40. The molecule has 0 saturated carbocycles. The maximum Gasteiger partial charge on any atom is 0.156 e. The average molecular weight is 334 g/mol. The zero-order valence-corrected chi connectivity index (χ0v) is 13.7. The van der Waals surface area contributed by atoms with Crippen molar-refractivity contribution in [3.63, 3.8) is 0 Å². The van der Waals surface area contributed by atoms with E-state index >= 15 is 0 Å². The van der Waals surface area contributed by atoms with Gasteiger partial charge in [0.15, 0.2) is 9.84 Å². The smallest absolute Gasteiger partial charge is 0.156 e. The fourth-order valence-electron chi connectivity index (χ4n) is 1.45. The van der Waals surface area contributed by atoms with Gasteiger partial charge in [-0.2, -0.15) is 0 Å². The van der Waals surface area contributed by atoms with Crippen LogP contribution in [0, 0.1) is 6.92 Å². The highest BCUT2D eigenvalue weighted by Gasteiger charge is 2.28. The number of anilines is 1. The minimum Gasteiger partial charge on any atom is -0.384 e. The molecule has 102 valence electrons. The van der Waals surface area contributed by atoms with E-state index in [1.54, 1.807) is 20.8 Å². The van der Waals surface area contributed by atoms with E-state index in [4.69, 9.17) is 0 Å². The number of halogens is 1. The van der Waals surface area contributed by atoms with Gasteiger partial charge >= 0.3 is 0 Å². The van der Waals surface area contributed by atoms with Crippen molar-refractivity contribution < 1.29 is 8.42 Å². The lowest BCUT2D eigenvalue weighted by atomic mass is 10.2. The van der Waals surface area contributed by atoms with Crippen molar-refractivity contribution in [3.05, 3.63) is 28.2 Å². The Labute approximate surface area is 118 Å². The zero-order valence-electron chi connectivity index (χ0n) is 11.2. The molecule has 0 aromatic heterocycles. The first-order chi connectivity index (χ1) is 8.13. The van der Waals surface area contributed by atoms with Crippen LogP contribution in [-0.2, 0) is 9.84 Å². The van der Waals surface area contributed by atoms with Crippen LogP contribution in [0.1, 0.15) is 26.3 Å². The Morgan fingerprint density at radius 1 is 1.28 bits per heavy atom. The van der Waals surface area contributed by atoms with Crippen molar-refractivity contribution in [1.29, 1.82) is 0 Å². The van der Waals surface area contributed by atoms with Crippen LogP contribution in [0.15, 0.2) is 22.7 Å². The molecule has 18 heavy (non-hydrogen) atoms. The first kappa shape index (κ1) is 15.5. The molecular formula is C13H20BrNO2S. The summed E-state index contributed by atoms with van der Waals surface area (Å²) in [6, 6.07) is 5.89. The van der Waals surface area contributed by atoms with Crippen molar-refractivity contribution in [2.24, 2.45) is 0 Å². The fraction of sp³-hybridized carbons (Fsp3) is 0.538. The molecule has 0 spiro atoms. The van der Waals surface area contributed by atoms with Crippen LogP contribution in [0.25, 0.3) is 0 Å². The number of aryl methyl sites for hydroxylation is 1. The molecule has 1 rings (SSSR count). The fourth-order valence-corrected chi connectivity index (χ4v) is 2.91. The molecule has 3 nitrogen and oxygen atoms in total. The maximum absolute atomic E-state index is 11.9. The van der Waals surface area contributed by atoms with Crippen LogP contribution in [0.5, 0.6) is 0 Å². The second kappa shape index (κ2) is 5.61. The van der Waals surface area contributed by atoms with E-state index in [0.717, 1.165) is 15.7 Å². The minimum absolute atomic E-state index is 0.145. The molecule has 0 amide bonds. The summed E-state index contributed by atoms with van der Waals surface area (Å²) in [5.41, 5.74) is 2.07. The normalized spacial score (nSPS) is 12.5. The molecule has 1 N–H and O–H groups in total. The van der Waals surface area contributed by atoms with Gasteiger partial charge in [-0.15, -0.1) is 0 Å². The van der Waals surface area contributed by atoms with Crippen molar-refractivity contribution in [2.45, 2.75) is 32.4 Å². The summed E-state index contributed by atoms with van der Waals surface area (Å²) in [5, 5.41) is 3.17. The first-order valence-corrected chi connectivity index (χ1v) is 8.30. The highest BCUT2D eigenvalue weighted by molar-refractivity contribution is 9.10. The summed E-state index contributed by atoms with van der Waals surface area (Å²) in [6.07, 6.45) is 0. The Bertz CT molecular complexity index is 518. The minimum atomic E-state index is -3.06. The summed E-state index contributed by atoms with van der Waals surface area (Å²) in [7, 11) is -3.06. The van der Waals surface area contributed by atoms with Crippen LogP contribution < -0.4 is 5.32 Å². The first-order valence-electron chi connectivity index (χ1n) is 5.86. The van der Waals surface area contributed by atoms with Gasteiger partial charge in [-0.3, -0.25) is 0 Å². The highest BCUT2D eigenvalue weighted by atomic mass is 79.9. The van der Waals surface area contributed by atoms with E-state index < -0.39 is 14.6 Å². The Morgan fingerprint density at radius 2 is 1.89 bits per heavy atom. The topological polar surface area (TPSA) is 46.2 Å². The predicted molar refractivity (Wildman–Crippen MR) is 80.9 cm³/mol. The van der Waals surface area contributed by atoms with Gasteiger partial charge in [0.05, 0.1) is 10.5 Å². The SMILES string of the molecule is Cc1cc(Br)ccc1NCCS(=O)(=O)C(C)(C)C. The Hall–Kier alpha value is -0.550. The summed E-state index contributed by atoms with van der Waals surface area (Å²) in [5.74, 6) is 0.145. The molecule has 0 bridgehead atoms. The van der Waals surface area contributed by atoms with Crippen LogP contribution in [0.3, 0.4) is 0 Å². The Kier molecular flexibility index (Phi) is 4.84. The largest absolute Gasteiger partial charge is 0.384 e. The number of sulfone groups is 1. The quantitative estimate of drug-likeness (QED) is 0.918. The van der Waals surface area contributed by atoms with Crippen LogP contribution >= 0.6 is 15.9 Å². The average Bonchev–Trinajstić information content (AvgIpc) is 2.19. The van der Waals surface area contributed by atoms with Gasteiger partial charge in [-0.1, -0.05) is 15.9 Å². The molecule has 0 radical (unpaired) electrons. The van der Waals surface area contributed by atoms with Gasteiger partial charge in [-0.25, -0.2) is 8.42 Å². The Morgan fingerprint density at radius 3 is 2.39 bits per heavy atom. The van der Waals surface area contributed by atoms with Crippen LogP contribution in [0.4, 0.5) is 5.69 Å². The molecule has 5 heteroatoms. The van der Waals surface area contributed by atoms with E-state index in [9.17, 15) is 8.42 Å². The van der Waals surface area contributed by atoms with Crippen molar-refractivity contribution >= 4 is 31.5 Å². The molecule has 0 aliphatic rings. The number of hydrogen-bond acceptors (Lipinski definition) is 3. The molecule has 0 heterocycles. The molecule has 0 fully saturated rings. The lowest BCUT2D eigenvalue weighted by Gasteiger charge is -2.19. The standard InChI is InChI=1S/C13H20BrNO2S/c1-10-9-11(14)5-6-12(10)15-7-8-18(16,17)13(2,3)4/h5-6,9,15H,7-8H2,1-4H3. The number of benzene rings is 1. The van der Waals surface area contributed by atoms with Gasteiger partial charge in [-0.05, 0) is 51.5 Å². The van der Waals surface area contributed by atoms with Crippen LogP contribution in [-0.4, -0.2) is 25.5 Å². The van der Waals surface area contributed by atoms with Gasteiger partial charge in [0.1, 0.15) is 0 Å². The summed E-state index contributed by atoms with van der Waals surface area (Å²) < 4.78 is 24.2. The molecule has 0 unspecified atom stereocenters. The number of nitrogens with one attached hydrogen (secondary N) is 1. The molecule has 0 aliphatic heterocycles. The van der Waals surface area contributed by atoms with E-state index in [0.29, 0.717) is 6.54 Å². The third kappa shape index (κ3) is 3.99. The van der Waals surface area contributed by atoms with Gasteiger partial charge in [0.2, 0.25) is 0 Å². The molecule has 1 aromatic rings. The molecule has 0 aliphatic carbocycles. The van der Waals surface area contributed by atoms with Crippen LogP contribution in [0.2, 0.25) is 0 Å². The maximum atomic E-state index is 11.9. The number of rotatable bonds is 4. The summed E-state index contributed by atoms with van der Waals surface area (Å²) in [6.45, 7) is 7.61. The highest BCUT2D eigenvalue weighted by Crippen LogP contribution is 2.20. The predicted octanol–water partition coefficient (Wildman–Crippen LogP) is 3.38. The summed E-state index contributed by atoms with van der Waals surface area (Å²) in [4.78, 5) is 0. The number of hydrogen-bond donors (Lipinski definition) is 1. The third-order valence-corrected chi connectivity index (χ3v) is 5.91. The zero-order chi connectivity index (χ0) is 14.0. The van der Waals surface area contributed by atoms with Gasteiger partial charge < -0.3 is 5.32 Å². The van der Waals surface area contributed by atoms with E-state index in [-0.39, 0.29) is 5.75 Å². The molecule has 0 saturated heterocycles. The lowest BCUT2D eigenvalue weighted by Crippen LogP contribution is -2.32. The molecule has 1 aromatic carbocycles. The van der Waals surface area contributed by atoms with E-state index in [1.807, 2.05) is 25.1 Å².